The zero-order chi connectivity index (χ0) is 12.3. The Bertz CT molecular complexity index is 400. The summed E-state index contributed by atoms with van der Waals surface area (Å²) in [5.41, 5.74) is -0.321. The predicted octanol–water partition coefficient (Wildman–Crippen LogP) is 4.11. The summed E-state index contributed by atoms with van der Waals surface area (Å²) < 4.78 is 49.0. The second kappa shape index (κ2) is 4.95. The van der Waals surface area contributed by atoms with Crippen molar-refractivity contribution in [3.05, 3.63) is 34.1 Å². The number of alkyl halides is 3. The summed E-state index contributed by atoms with van der Waals surface area (Å²) in [6.45, 7) is 0. The van der Waals surface area contributed by atoms with Crippen LogP contribution in [-0.2, 0) is 0 Å². The van der Waals surface area contributed by atoms with Gasteiger partial charge in [-0.1, -0.05) is 6.07 Å². The van der Waals surface area contributed by atoms with Gasteiger partial charge in [-0.15, -0.1) is 0 Å². The lowest BCUT2D eigenvalue weighted by atomic mass is 10.1. The molecule has 0 fully saturated rings. The fourth-order valence-corrected chi connectivity index (χ4v) is 1.48. The van der Waals surface area contributed by atoms with Crippen molar-refractivity contribution in [2.75, 3.05) is 0 Å². The van der Waals surface area contributed by atoms with Crippen LogP contribution in [-0.4, -0.2) is 12.0 Å². The average molecular weight is 299 g/mol. The molecule has 0 aliphatic heterocycles. The van der Waals surface area contributed by atoms with Gasteiger partial charge < -0.3 is 0 Å². The second-order valence-corrected chi connectivity index (χ2v) is 3.99. The molecule has 6 heteroatoms. The van der Waals surface area contributed by atoms with Gasteiger partial charge in [0.25, 0.3) is 0 Å². The highest BCUT2D eigenvalue weighted by Crippen LogP contribution is 2.24. The van der Waals surface area contributed by atoms with E-state index in [0.29, 0.717) is 0 Å². The van der Waals surface area contributed by atoms with Crippen molar-refractivity contribution in [1.82, 2.24) is 0 Å². The second-order valence-electron chi connectivity index (χ2n) is 3.14. The highest BCUT2D eigenvalue weighted by Gasteiger charge is 2.28. The first-order valence-corrected chi connectivity index (χ1v) is 5.14. The third-order valence-corrected chi connectivity index (χ3v) is 2.50. The topological polar surface area (TPSA) is 17.1 Å². The maximum absolute atomic E-state index is 13.3. The number of Topliss-reactive ketones (excluding diaryl/α,β-unsaturated/α-hetero) is 1. The Morgan fingerprint density at radius 2 is 1.94 bits per heavy atom. The first kappa shape index (κ1) is 13.2. The Hall–Kier alpha value is -0.910. The van der Waals surface area contributed by atoms with Gasteiger partial charge in [-0.25, -0.2) is 4.39 Å². The Labute approximate surface area is 97.6 Å². The largest absolute Gasteiger partial charge is 0.389 e. The van der Waals surface area contributed by atoms with Crippen molar-refractivity contribution in [2.45, 2.75) is 19.0 Å². The van der Waals surface area contributed by atoms with Crippen molar-refractivity contribution in [3.8, 4) is 0 Å². The Balaban J connectivity index is 2.78. The number of carbonyl (C=O) groups is 1. The van der Waals surface area contributed by atoms with Crippen LogP contribution in [0.1, 0.15) is 23.2 Å². The molecule has 0 saturated carbocycles. The summed E-state index contributed by atoms with van der Waals surface area (Å²) >= 11 is 2.86. The molecule has 0 aliphatic carbocycles. The van der Waals surface area contributed by atoms with Crippen LogP contribution in [0.2, 0.25) is 0 Å². The Kier molecular flexibility index (Phi) is 4.07. The van der Waals surface area contributed by atoms with Crippen LogP contribution in [0.4, 0.5) is 17.6 Å². The Morgan fingerprint density at radius 3 is 2.50 bits per heavy atom. The normalized spacial score (nSPS) is 11.6. The van der Waals surface area contributed by atoms with Gasteiger partial charge in [-0.05, 0) is 28.1 Å². The first-order chi connectivity index (χ1) is 7.31. The minimum atomic E-state index is -4.40. The minimum Gasteiger partial charge on any atom is -0.294 e. The number of carbonyl (C=O) groups excluding carboxylic acids is 1. The van der Waals surface area contributed by atoms with Gasteiger partial charge in [0, 0.05) is 6.42 Å². The van der Waals surface area contributed by atoms with Crippen molar-refractivity contribution < 1.29 is 22.4 Å². The molecule has 0 saturated heterocycles. The molecular formula is C10H7BrF4O. The molecule has 16 heavy (non-hydrogen) atoms. The maximum atomic E-state index is 13.3. The molecule has 0 N–H and O–H groups in total. The monoisotopic (exact) mass is 298 g/mol. The molecule has 0 radical (unpaired) electrons. The molecule has 1 aromatic rings. The van der Waals surface area contributed by atoms with Crippen molar-refractivity contribution in [1.29, 1.82) is 0 Å². The highest BCUT2D eigenvalue weighted by atomic mass is 79.9. The third-order valence-electron chi connectivity index (χ3n) is 1.89. The lowest BCUT2D eigenvalue weighted by molar-refractivity contribution is -0.133. The standard InChI is InChI=1S/C10H7BrF4O/c11-7-3-1-2-6(9(7)12)8(16)4-5-10(13,14)15/h1-3H,4-5H2. The van der Waals surface area contributed by atoms with Crippen molar-refractivity contribution >= 4 is 21.7 Å². The van der Waals surface area contributed by atoms with E-state index in [1.54, 1.807) is 0 Å². The van der Waals surface area contributed by atoms with E-state index in [1.807, 2.05) is 0 Å². The molecule has 0 amide bonds. The van der Waals surface area contributed by atoms with Gasteiger partial charge in [-0.2, -0.15) is 13.2 Å². The van der Waals surface area contributed by atoms with E-state index in [0.717, 1.165) is 0 Å². The molecule has 0 aromatic heterocycles. The number of rotatable bonds is 3. The smallest absolute Gasteiger partial charge is 0.294 e. The van der Waals surface area contributed by atoms with E-state index in [-0.39, 0.29) is 10.0 Å². The molecule has 1 rings (SSSR count). The zero-order valence-corrected chi connectivity index (χ0v) is 9.53. The van der Waals surface area contributed by atoms with Crippen molar-refractivity contribution in [3.63, 3.8) is 0 Å². The van der Waals surface area contributed by atoms with Crippen LogP contribution in [0, 0.1) is 5.82 Å². The van der Waals surface area contributed by atoms with Crippen LogP contribution >= 0.6 is 15.9 Å². The van der Waals surface area contributed by atoms with Gasteiger partial charge in [0.1, 0.15) is 5.82 Å². The van der Waals surface area contributed by atoms with E-state index in [9.17, 15) is 22.4 Å². The van der Waals surface area contributed by atoms with Crippen molar-refractivity contribution in [2.24, 2.45) is 0 Å². The molecule has 88 valence electrons. The molecule has 0 aliphatic rings. The molecule has 1 nitrogen and oxygen atoms in total. The number of ketones is 1. The SMILES string of the molecule is O=C(CCC(F)(F)F)c1cccc(Br)c1F. The molecule has 0 spiro atoms. The quantitative estimate of drug-likeness (QED) is 0.606. The third kappa shape index (κ3) is 3.59. The summed E-state index contributed by atoms with van der Waals surface area (Å²) in [5, 5.41) is 0. The summed E-state index contributed by atoms with van der Waals surface area (Å²) in [6, 6.07) is 3.93. The fourth-order valence-electron chi connectivity index (χ4n) is 1.11. The van der Waals surface area contributed by atoms with Gasteiger partial charge in [-0.3, -0.25) is 4.79 Å². The van der Waals surface area contributed by atoms with E-state index in [4.69, 9.17) is 0 Å². The van der Waals surface area contributed by atoms with E-state index in [1.165, 1.54) is 18.2 Å². The van der Waals surface area contributed by atoms with E-state index in [2.05, 4.69) is 15.9 Å². The van der Waals surface area contributed by atoms with Gasteiger partial charge in [0.2, 0.25) is 0 Å². The van der Waals surface area contributed by atoms with Crippen LogP contribution in [0.5, 0.6) is 0 Å². The Morgan fingerprint density at radius 1 is 1.31 bits per heavy atom. The molecule has 0 bridgehead atoms. The maximum Gasteiger partial charge on any atom is 0.389 e. The predicted molar refractivity (Wildman–Crippen MR) is 53.7 cm³/mol. The van der Waals surface area contributed by atoms with Gasteiger partial charge >= 0.3 is 6.18 Å². The first-order valence-electron chi connectivity index (χ1n) is 4.35. The lowest BCUT2D eigenvalue weighted by Crippen LogP contribution is -2.11. The fraction of sp³-hybridized carbons (Fsp3) is 0.300. The molecule has 0 atom stereocenters. The number of benzene rings is 1. The summed E-state index contributed by atoms with van der Waals surface area (Å²) in [5.74, 6) is -1.68. The van der Waals surface area contributed by atoms with Gasteiger partial charge in [0.05, 0.1) is 16.5 Å². The summed E-state index contributed by atoms with van der Waals surface area (Å²) in [4.78, 5) is 11.3. The number of hydrogen-bond acceptors (Lipinski definition) is 1. The minimum absolute atomic E-state index is 0.0605. The summed E-state index contributed by atoms with van der Waals surface area (Å²) in [7, 11) is 0. The molecule has 0 heterocycles. The molecule has 1 aromatic carbocycles. The van der Waals surface area contributed by atoms with Crippen LogP contribution in [0.25, 0.3) is 0 Å². The van der Waals surface area contributed by atoms with Gasteiger partial charge in [0.15, 0.2) is 5.78 Å². The summed E-state index contributed by atoms with van der Waals surface area (Å²) in [6.07, 6.45) is -6.38. The lowest BCUT2D eigenvalue weighted by Gasteiger charge is -2.06. The number of halogens is 5. The van der Waals surface area contributed by atoms with E-state index >= 15 is 0 Å². The average Bonchev–Trinajstić information content (AvgIpc) is 2.17. The zero-order valence-electron chi connectivity index (χ0n) is 7.94. The van der Waals surface area contributed by atoms with Crippen LogP contribution in [0.3, 0.4) is 0 Å². The highest BCUT2D eigenvalue weighted by molar-refractivity contribution is 9.10. The number of hydrogen-bond donors (Lipinski definition) is 0. The van der Waals surface area contributed by atoms with E-state index < -0.39 is 30.6 Å². The molecular weight excluding hydrogens is 292 g/mol. The molecule has 0 unspecified atom stereocenters. The van der Waals surface area contributed by atoms with Crippen LogP contribution in [0.15, 0.2) is 22.7 Å². The van der Waals surface area contributed by atoms with Crippen LogP contribution < -0.4 is 0 Å².